The number of hydrogen-bond acceptors (Lipinski definition) is 3. The van der Waals surface area contributed by atoms with Gasteiger partial charge in [0.2, 0.25) is 17.7 Å². The van der Waals surface area contributed by atoms with Crippen LogP contribution in [0.5, 0.6) is 0 Å². The molecular weight excluding hydrogens is 306 g/mol. The van der Waals surface area contributed by atoms with Gasteiger partial charge < -0.3 is 15.1 Å². The topological polar surface area (TPSA) is 69.7 Å². The van der Waals surface area contributed by atoms with Crippen LogP contribution in [0.1, 0.15) is 32.6 Å². The predicted octanol–water partition coefficient (Wildman–Crippen LogP) is 2.01. The van der Waals surface area contributed by atoms with Crippen molar-refractivity contribution in [1.82, 2.24) is 4.90 Å². The molecule has 0 radical (unpaired) electrons. The smallest absolute Gasteiger partial charge is 0.246 e. The zero-order valence-electron chi connectivity index (χ0n) is 14.1. The molecule has 0 spiro atoms. The van der Waals surface area contributed by atoms with Crippen LogP contribution in [0.15, 0.2) is 24.3 Å². The number of carbonyl (C=O) groups is 3. The number of hydrogen-bond donors (Lipinski definition) is 1. The van der Waals surface area contributed by atoms with Crippen LogP contribution in [0.25, 0.3) is 0 Å². The summed E-state index contributed by atoms with van der Waals surface area (Å²) in [6.45, 7) is 1.88. The SMILES string of the molecule is CC1CC(=O)Nc2ccccc2N1C(=O)CN(C)C(=O)C1CCC1. The number of benzene rings is 1. The van der Waals surface area contributed by atoms with Crippen LogP contribution in [0.2, 0.25) is 0 Å². The number of amides is 3. The third-order valence-electron chi connectivity index (χ3n) is 4.83. The van der Waals surface area contributed by atoms with Gasteiger partial charge in [0.1, 0.15) is 0 Å². The number of rotatable bonds is 3. The lowest BCUT2D eigenvalue weighted by Gasteiger charge is -2.32. The first-order valence-corrected chi connectivity index (χ1v) is 8.43. The molecule has 0 saturated heterocycles. The molecular formula is C18H23N3O3. The molecule has 0 bridgehead atoms. The fraction of sp³-hybridized carbons (Fsp3) is 0.500. The van der Waals surface area contributed by atoms with Crippen molar-refractivity contribution in [3.63, 3.8) is 0 Å². The average molecular weight is 329 g/mol. The Labute approximate surface area is 141 Å². The Morgan fingerprint density at radius 1 is 1.29 bits per heavy atom. The summed E-state index contributed by atoms with van der Waals surface area (Å²) in [5.41, 5.74) is 1.32. The zero-order valence-corrected chi connectivity index (χ0v) is 14.1. The highest BCUT2D eigenvalue weighted by Crippen LogP contribution is 2.32. The molecule has 1 N–H and O–H groups in total. The van der Waals surface area contributed by atoms with Gasteiger partial charge in [-0.25, -0.2) is 0 Å². The predicted molar refractivity (Wildman–Crippen MR) is 91.6 cm³/mol. The van der Waals surface area contributed by atoms with Gasteiger partial charge in [0.05, 0.1) is 17.9 Å². The number of anilines is 2. The second kappa shape index (κ2) is 6.63. The molecule has 0 aromatic heterocycles. The van der Waals surface area contributed by atoms with E-state index in [1.165, 1.54) is 4.90 Å². The summed E-state index contributed by atoms with van der Waals surface area (Å²) in [5.74, 6) is -0.162. The van der Waals surface area contributed by atoms with Crippen LogP contribution in [0, 0.1) is 5.92 Å². The van der Waals surface area contributed by atoms with E-state index in [0.29, 0.717) is 11.4 Å². The van der Waals surface area contributed by atoms with Crippen molar-refractivity contribution >= 4 is 29.1 Å². The molecule has 1 aromatic rings. The number of nitrogens with zero attached hydrogens (tertiary/aromatic N) is 2. The van der Waals surface area contributed by atoms with E-state index in [9.17, 15) is 14.4 Å². The molecule has 2 aliphatic rings. The fourth-order valence-electron chi connectivity index (χ4n) is 3.29. The van der Waals surface area contributed by atoms with E-state index in [2.05, 4.69) is 5.32 Å². The van der Waals surface area contributed by atoms with Crippen molar-refractivity contribution in [2.75, 3.05) is 23.8 Å². The van der Waals surface area contributed by atoms with Gasteiger partial charge in [-0.15, -0.1) is 0 Å². The van der Waals surface area contributed by atoms with Gasteiger partial charge in [-0.2, -0.15) is 0 Å². The Hall–Kier alpha value is -2.37. The van der Waals surface area contributed by atoms with Crippen LogP contribution >= 0.6 is 0 Å². The lowest BCUT2D eigenvalue weighted by atomic mass is 9.84. The first-order valence-electron chi connectivity index (χ1n) is 8.43. The minimum absolute atomic E-state index is 0.0300. The molecule has 1 aromatic carbocycles. The Balaban J connectivity index is 1.79. The van der Waals surface area contributed by atoms with Crippen molar-refractivity contribution < 1.29 is 14.4 Å². The van der Waals surface area contributed by atoms with Crippen molar-refractivity contribution in [3.05, 3.63) is 24.3 Å². The summed E-state index contributed by atoms with van der Waals surface area (Å²) in [4.78, 5) is 40.3. The highest BCUT2D eigenvalue weighted by Gasteiger charge is 2.33. The molecule has 1 fully saturated rings. The summed E-state index contributed by atoms with van der Waals surface area (Å²) in [5, 5.41) is 2.84. The number of para-hydroxylation sites is 2. The van der Waals surface area contributed by atoms with E-state index < -0.39 is 0 Å². The second-order valence-electron chi connectivity index (χ2n) is 6.70. The van der Waals surface area contributed by atoms with Crippen LogP contribution in [0.3, 0.4) is 0 Å². The van der Waals surface area contributed by atoms with Gasteiger partial charge in [0, 0.05) is 25.4 Å². The Morgan fingerprint density at radius 2 is 2.00 bits per heavy atom. The fourth-order valence-corrected chi connectivity index (χ4v) is 3.29. The molecule has 24 heavy (non-hydrogen) atoms. The summed E-state index contributed by atoms with van der Waals surface area (Å²) < 4.78 is 0. The normalized spacial score (nSPS) is 20.5. The summed E-state index contributed by atoms with van der Waals surface area (Å²) >= 11 is 0. The van der Waals surface area contributed by atoms with Crippen molar-refractivity contribution in [1.29, 1.82) is 0 Å². The van der Waals surface area contributed by atoms with Crippen LogP contribution in [-0.2, 0) is 14.4 Å². The monoisotopic (exact) mass is 329 g/mol. The van der Waals surface area contributed by atoms with Gasteiger partial charge in [-0.1, -0.05) is 18.6 Å². The average Bonchev–Trinajstić information content (AvgIpc) is 2.59. The second-order valence-corrected chi connectivity index (χ2v) is 6.70. The molecule has 1 atom stereocenters. The molecule has 1 unspecified atom stereocenters. The van der Waals surface area contributed by atoms with E-state index in [-0.39, 0.29) is 42.6 Å². The van der Waals surface area contributed by atoms with Crippen LogP contribution < -0.4 is 10.2 Å². The largest absolute Gasteiger partial charge is 0.336 e. The molecule has 128 valence electrons. The number of likely N-dealkylation sites (N-methyl/N-ethyl adjacent to an activating group) is 1. The Bertz CT molecular complexity index is 669. The Morgan fingerprint density at radius 3 is 2.67 bits per heavy atom. The lowest BCUT2D eigenvalue weighted by Crippen LogP contribution is -2.47. The quantitative estimate of drug-likeness (QED) is 0.922. The molecule has 6 heteroatoms. The zero-order chi connectivity index (χ0) is 17.3. The highest BCUT2D eigenvalue weighted by atomic mass is 16.2. The van der Waals surface area contributed by atoms with E-state index >= 15 is 0 Å². The van der Waals surface area contributed by atoms with Gasteiger partial charge in [0.25, 0.3) is 0 Å². The molecule has 1 aliphatic heterocycles. The standard InChI is InChI=1S/C18H23N3O3/c1-12-10-16(22)19-14-8-3-4-9-15(14)21(12)17(23)11-20(2)18(24)13-6-5-7-13/h3-4,8-9,12-13H,5-7,10-11H2,1-2H3,(H,19,22). The van der Waals surface area contributed by atoms with Gasteiger partial charge in [0.15, 0.2) is 0 Å². The van der Waals surface area contributed by atoms with Crippen LogP contribution in [-0.4, -0.2) is 42.3 Å². The van der Waals surface area contributed by atoms with Crippen molar-refractivity contribution in [2.24, 2.45) is 5.92 Å². The maximum atomic E-state index is 12.9. The first-order chi connectivity index (χ1) is 11.5. The number of nitrogens with one attached hydrogen (secondary N) is 1. The van der Waals surface area contributed by atoms with Gasteiger partial charge in [-0.05, 0) is 31.9 Å². The molecule has 6 nitrogen and oxygen atoms in total. The maximum Gasteiger partial charge on any atom is 0.246 e. The minimum atomic E-state index is -0.256. The number of carbonyl (C=O) groups excluding carboxylic acids is 3. The molecule has 1 heterocycles. The Kier molecular flexibility index (Phi) is 4.55. The first kappa shape index (κ1) is 16.5. The van der Waals surface area contributed by atoms with E-state index in [1.807, 2.05) is 25.1 Å². The molecule has 3 amide bonds. The molecule has 3 rings (SSSR count). The molecule has 1 saturated carbocycles. The minimum Gasteiger partial charge on any atom is -0.336 e. The number of fused-ring (bicyclic) bond motifs is 1. The van der Waals surface area contributed by atoms with Crippen LogP contribution in [0.4, 0.5) is 11.4 Å². The highest BCUT2D eigenvalue weighted by molar-refractivity contribution is 6.05. The molecule has 1 aliphatic carbocycles. The van der Waals surface area contributed by atoms with Gasteiger partial charge >= 0.3 is 0 Å². The summed E-state index contributed by atoms with van der Waals surface area (Å²) in [6, 6.07) is 7.02. The summed E-state index contributed by atoms with van der Waals surface area (Å²) in [7, 11) is 1.68. The summed E-state index contributed by atoms with van der Waals surface area (Å²) in [6.07, 6.45) is 3.15. The third-order valence-corrected chi connectivity index (χ3v) is 4.83. The van der Waals surface area contributed by atoms with Gasteiger partial charge in [-0.3, -0.25) is 14.4 Å². The van der Waals surface area contributed by atoms with Crippen molar-refractivity contribution in [3.8, 4) is 0 Å². The lowest BCUT2D eigenvalue weighted by molar-refractivity contribution is -0.139. The maximum absolute atomic E-state index is 12.9. The van der Waals surface area contributed by atoms with E-state index in [4.69, 9.17) is 0 Å². The van der Waals surface area contributed by atoms with E-state index in [1.54, 1.807) is 18.0 Å². The van der Waals surface area contributed by atoms with Crippen molar-refractivity contribution in [2.45, 2.75) is 38.6 Å². The van der Waals surface area contributed by atoms with E-state index in [0.717, 1.165) is 19.3 Å². The third kappa shape index (κ3) is 3.13.